The minimum atomic E-state index is -0.424. The number of para-hydroxylation sites is 1. The van der Waals surface area contributed by atoms with Crippen LogP contribution in [0.4, 0.5) is 5.69 Å². The number of furan rings is 1. The van der Waals surface area contributed by atoms with Crippen LogP contribution in [-0.2, 0) is 16.0 Å². The van der Waals surface area contributed by atoms with Crippen LogP contribution in [0.3, 0.4) is 0 Å². The average Bonchev–Trinajstić information content (AvgIpc) is 3.37. The zero-order valence-corrected chi connectivity index (χ0v) is 21.7. The molecule has 37 heavy (non-hydrogen) atoms. The maximum atomic E-state index is 13.5. The number of esters is 1. The first-order valence-corrected chi connectivity index (χ1v) is 12.6. The molecule has 0 bridgehead atoms. The van der Waals surface area contributed by atoms with Crippen molar-refractivity contribution in [2.75, 3.05) is 12.4 Å². The molecular formula is C31H24BrNO4. The predicted octanol–water partition coefficient (Wildman–Crippen LogP) is 7.61. The van der Waals surface area contributed by atoms with Crippen LogP contribution in [0.15, 0.2) is 112 Å². The number of anilines is 1. The van der Waals surface area contributed by atoms with E-state index in [4.69, 9.17) is 9.15 Å². The molecule has 0 aliphatic carbocycles. The highest BCUT2D eigenvalue weighted by molar-refractivity contribution is 9.10. The van der Waals surface area contributed by atoms with E-state index in [-0.39, 0.29) is 11.9 Å². The fourth-order valence-electron chi connectivity index (χ4n) is 4.26. The lowest BCUT2D eigenvalue weighted by molar-refractivity contribution is -0.117. The normalized spacial score (nSPS) is 11.7. The third-order valence-electron chi connectivity index (χ3n) is 6.27. The van der Waals surface area contributed by atoms with Gasteiger partial charge in [0.15, 0.2) is 0 Å². The average molecular weight is 554 g/mol. The highest BCUT2D eigenvalue weighted by Gasteiger charge is 2.22. The molecule has 1 unspecified atom stereocenters. The van der Waals surface area contributed by atoms with Gasteiger partial charge >= 0.3 is 5.97 Å². The molecule has 1 heterocycles. The lowest BCUT2D eigenvalue weighted by atomic mass is 9.90. The van der Waals surface area contributed by atoms with E-state index in [9.17, 15) is 9.59 Å². The van der Waals surface area contributed by atoms with Crippen molar-refractivity contribution in [3.8, 4) is 11.3 Å². The Labute approximate surface area is 223 Å². The van der Waals surface area contributed by atoms with Crippen molar-refractivity contribution in [2.45, 2.75) is 12.3 Å². The van der Waals surface area contributed by atoms with Gasteiger partial charge in [0.2, 0.25) is 5.91 Å². The van der Waals surface area contributed by atoms with Gasteiger partial charge in [0.05, 0.1) is 18.6 Å². The van der Waals surface area contributed by atoms with Gasteiger partial charge in [-0.25, -0.2) is 4.79 Å². The standard InChI is InChI=1S/C31H24BrNO4/c1-36-31(35)23-8-6-20(7-9-23)18-27(21-10-14-25(32)15-11-21)30(34)33-26-16-12-22(13-17-26)29-19-24-4-2-3-5-28(24)37-29/h2-17,19,27H,18H2,1H3,(H,33,34). The van der Waals surface area contributed by atoms with Crippen molar-refractivity contribution in [1.82, 2.24) is 0 Å². The molecule has 0 spiro atoms. The fourth-order valence-corrected chi connectivity index (χ4v) is 4.52. The molecule has 0 aliphatic rings. The minimum absolute atomic E-state index is 0.115. The second-order valence-electron chi connectivity index (χ2n) is 8.71. The summed E-state index contributed by atoms with van der Waals surface area (Å²) in [5, 5.41) is 4.11. The van der Waals surface area contributed by atoms with Gasteiger partial charge in [-0.05, 0) is 78.2 Å². The molecule has 1 N–H and O–H groups in total. The van der Waals surface area contributed by atoms with Crippen molar-refractivity contribution >= 4 is 44.5 Å². The van der Waals surface area contributed by atoms with Crippen molar-refractivity contribution in [2.24, 2.45) is 0 Å². The van der Waals surface area contributed by atoms with Crippen LogP contribution < -0.4 is 5.32 Å². The van der Waals surface area contributed by atoms with E-state index in [1.165, 1.54) is 7.11 Å². The Morgan fingerprint density at radius 1 is 0.892 bits per heavy atom. The third kappa shape index (κ3) is 5.65. The van der Waals surface area contributed by atoms with Gasteiger partial charge in [0.25, 0.3) is 0 Å². The molecular weight excluding hydrogens is 530 g/mol. The third-order valence-corrected chi connectivity index (χ3v) is 6.79. The molecule has 0 aliphatic heterocycles. The number of nitrogens with one attached hydrogen (secondary N) is 1. The molecule has 0 saturated heterocycles. The van der Waals surface area contributed by atoms with Gasteiger partial charge in [-0.15, -0.1) is 0 Å². The summed E-state index contributed by atoms with van der Waals surface area (Å²) in [5.74, 6) is -0.148. The molecule has 0 radical (unpaired) electrons. The summed E-state index contributed by atoms with van der Waals surface area (Å²) in [7, 11) is 1.35. The molecule has 5 rings (SSSR count). The Balaban J connectivity index is 1.35. The molecule has 5 nitrogen and oxygen atoms in total. The van der Waals surface area contributed by atoms with Crippen LogP contribution in [0.5, 0.6) is 0 Å². The van der Waals surface area contributed by atoms with Gasteiger partial charge < -0.3 is 14.5 Å². The molecule has 0 saturated carbocycles. The number of hydrogen-bond acceptors (Lipinski definition) is 4. The number of amides is 1. The van der Waals surface area contributed by atoms with E-state index in [0.29, 0.717) is 17.7 Å². The summed E-state index contributed by atoms with van der Waals surface area (Å²) >= 11 is 3.47. The lowest BCUT2D eigenvalue weighted by Crippen LogP contribution is -2.23. The number of rotatable bonds is 7. The van der Waals surface area contributed by atoms with E-state index in [2.05, 4.69) is 21.2 Å². The fraction of sp³-hybridized carbons (Fsp3) is 0.0968. The molecule has 4 aromatic carbocycles. The molecule has 1 atom stereocenters. The van der Waals surface area contributed by atoms with Crippen molar-refractivity contribution < 1.29 is 18.7 Å². The summed E-state index contributed by atoms with van der Waals surface area (Å²) in [6.45, 7) is 0. The Kier molecular flexibility index (Phi) is 7.19. The van der Waals surface area contributed by atoms with Gasteiger partial charge in [0.1, 0.15) is 11.3 Å². The molecule has 1 aromatic heterocycles. The first-order chi connectivity index (χ1) is 18.0. The first-order valence-electron chi connectivity index (χ1n) is 11.8. The second kappa shape index (κ2) is 10.8. The topological polar surface area (TPSA) is 68.5 Å². The van der Waals surface area contributed by atoms with Crippen LogP contribution in [0, 0.1) is 0 Å². The molecule has 1 amide bonds. The maximum absolute atomic E-state index is 13.5. The quantitative estimate of drug-likeness (QED) is 0.210. The van der Waals surface area contributed by atoms with E-state index in [1.807, 2.05) is 91.0 Å². The second-order valence-corrected chi connectivity index (χ2v) is 9.63. The highest BCUT2D eigenvalue weighted by Crippen LogP contribution is 2.29. The van der Waals surface area contributed by atoms with Crippen LogP contribution >= 0.6 is 15.9 Å². The molecule has 6 heteroatoms. The Bertz CT molecular complexity index is 1500. The van der Waals surface area contributed by atoms with E-state index in [1.54, 1.807) is 12.1 Å². The van der Waals surface area contributed by atoms with Crippen LogP contribution in [0.2, 0.25) is 0 Å². The number of carbonyl (C=O) groups is 2. The summed E-state index contributed by atoms with van der Waals surface area (Å²) in [6.07, 6.45) is 0.478. The zero-order valence-electron chi connectivity index (χ0n) is 20.1. The number of methoxy groups -OCH3 is 1. The van der Waals surface area contributed by atoms with Crippen molar-refractivity contribution in [1.29, 1.82) is 0 Å². The van der Waals surface area contributed by atoms with E-state index < -0.39 is 5.92 Å². The SMILES string of the molecule is COC(=O)c1ccc(CC(C(=O)Nc2ccc(-c3cc4ccccc4o3)cc2)c2ccc(Br)cc2)cc1. The van der Waals surface area contributed by atoms with Gasteiger partial charge in [-0.3, -0.25) is 4.79 Å². The van der Waals surface area contributed by atoms with Crippen LogP contribution in [-0.4, -0.2) is 19.0 Å². The number of halogens is 1. The van der Waals surface area contributed by atoms with Gasteiger partial charge in [-0.2, -0.15) is 0 Å². The van der Waals surface area contributed by atoms with E-state index in [0.717, 1.165) is 37.9 Å². The molecule has 5 aromatic rings. The molecule has 184 valence electrons. The number of fused-ring (bicyclic) bond motifs is 1. The first kappa shape index (κ1) is 24.5. The van der Waals surface area contributed by atoms with Crippen molar-refractivity contribution in [3.05, 3.63) is 124 Å². The number of ether oxygens (including phenoxy) is 1. The number of benzene rings is 4. The maximum Gasteiger partial charge on any atom is 0.337 e. The Morgan fingerprint density at radius 2 is 1.59 bits per heavy atom. The monoisotopic (exact) mass is 553 g/mol. The van der Waals surface area contributed by atoms with Crippen LogP contribution in [0.25, 0.3) is 22.3 Å². The Morgan fingerprint density at radius 3 is 2.27 bits per heavy atom. The summed E-state index contributed by atoms with van der Waals surface area (Å²) in [4.78, 5) is 25.3. The summed E-state index contributed by atoms with van der Waals surface area (Å²) in [5.41, 5.74) is 4.79. The van der Waals surface area contributed by atoms with Crippen LogP contribution in [0.1, 0.15) is 27.4 Å². The lowest BCUT2D eigenvalue weighted by Gasteiger charge is -2.18. The highest BCUT2D eigenvalue weighted by atomic mass is 79.9. The smallest absolute Gasteiger partial charge is 0.337 e. The number of carbonyl (C=O) groups excluding carboxylic acids is 2. The van der Waals surface area contributed by atoms with E-state index >= 15 is 0 Å². The summed E-state index contributed by atoms with van der Waals surface area (Å²) in [6, 6.07) is 32.4. The van der Waals surface area contributed by atoms with Gasteiger partial charge in [-0.1, -0.05) is 58.4 Å². The minimum Gasteiger partial charge on any atom is -0.465 e. The zero-order chi connectivity index (χ0) is 25.8. The van der Waals surface area contributed by atoms with Crippen molar-refractivity contribution in [3.63, 3.8) is 0 Å². The largest absolute Gasteiger partial charge is 0.465 e. The number of hydrogen-bond donors (Lipinski definition) is 1. The molecule has 0 fully saturated rings. The Hall–Kier alpha value is -4.16. The predicted molar refractivity (Wildman–Crippen MR) is 149 cm³/mol. The summed E-state index contributed by atoms with van der Waals surface area (Å²) < 4.78 is 11.7. The van der Waals surface area contributed by atoms with Gasteiger partial charge in [0, 0.05) is 21.1 Å².